The Hall–Kier alpha value is -2.53. The number of nitrogens with zero attached hydrogens (tertiary/aromatic N) is 2. The molecule has 1 aromatic heterocycles. The maximum absolute atomic E-state index is 12.9. The summed E-state index contributed by atoms with van der Waals surface area (Å²) in [5, 5.41) is 4.20. The summed E-state index contributed by atoms with van der Waals surface area (Å²) in [7, 11) is -7.96. The van der Waals surface area contributed by atoms with Crippen molar-refractivity contribution in [3.63, 3.8) is 0 Å². The van der Waals surface area contributed by atoms with Gasteiger partial charge in [0.2, 0.25) is 15.7 Å². The average Bonchev–Trinajstić information content (AvgIpc) is 3.14. The topological polar surface area (TPSA) is 122 Å². The lowest BCUT2D eigenvalue weighted by Crippen LogP contribution is -2.23. The standard InChI is InChI=1S/C21H25FN2O7S2/c1-4-10-32(26,27)31-21-17(12-23-24(21)5-2)16-6-7-19-20(14(16)3)18(30-9-8-22)11-15(13-25)33(19,28)29/h6-7,12,18H,4-5,8-11H2,1-3H3. The molecule has 0 fully saturated rings. The predicted molar refractivity (Wildman–Crippen MR) is 118 cm³/mol. The van der Waals surface area contributed by atoms with Gasteiger partial charge in [-0.3, -0.25) is 0 Å². The van der Waals surface area contributed by atoms with Gasteiger partial charge in [-0.2, -0.15) is 13.5 Å². The van der Waals surface area contributed by atoms with Crippen molar-refractivity contribution in [1.82, 2.24) is 9.78 Å². The highest BCUT2D eigenvalue weighted by Gasteiger charge is 2.38. The van der Waals surface area contributed by atoms with Gasteiger partial charge < -0.3 is 8.92 Å². The zero-order chi connectivity index (χ0) is 24.4. The number of hydrogen-bond acceptors (Lipinski definition) is 8. The first-order chi connectivity index (χ1) is 15.6. The van der Waals surface area contributed by atoms with E-state index >= 15 is 0 Å². The molecule has 1 unspecified atom stereocenters. The molecule has 180 valence electrons. The molecule has 2 heterocycles. The van der Waals surface area contributed by atoms with E-state index in [2.05, 4.69) is 5.10 Å². The summed E-state index contributed by atoms with van der Waals surface area (Å²) in [6, 6.07) is 2.82. The third kappa shape index (κ3) is 4.74. The van der Waals surface area contributed by atoms with Crippen LogP contribution in [0.5, 0.6) is 5.88 Å². The first kappa shape index (κ1) is 25.1. The second-order valence-corrected chi connectivity index (χ2v) is 11.1. The highest BCUT2D eigenvalue weighted by atomic mass is 32.2. The number of carbonyl (C=O) groups excluding carboxylic acids is 1. The molecular formula is C21H25FN2O7S2. The quantitative estimate of drug-likeness (QED) is 0.381. The fraction of sp³-hybridized carbons (Fsp3) is 0.476. The highest BCUT2D eigenvalue weighted by molar-refractivity contribution is 7.95. The lowest BCUT2D eigenvalue weighted by Gasteiger charge is -2.28. The minimum Gasteiger partial charge on any atom is -0.370 e. The molecule has 33 heavy (non-hydrogen) atoms. The van der Waals surface area contributed by atoms with E-state index in [9.17, 15) is 26.0 Å². The van der Waals surface area contributed by atoms with Crippen molar-refractivity contribution in [2.75, 3.05) is 19.0 Å². The van der Waals surface area contributed by atoms with E-state index in [4.69, 9.17) is 8.92 Å². The Balaban J connectivity index is 2.23. The Morgan fingerprint density at radius 3 is 2.61 bits per heavy atom. The van der Waals surface area contributed by atoms with Crippen molar-refractivity contribution >= 4 is 25.9 Å². The van der Waals surface area contributed by atoms with Gasteiger partial charge >= 0.3 is 10.1 Å². The van der Waals surface area contributed by atoms with Crippen molar-refractivity contribution in [3.8, 4) is 17.0 Å². The van der Waals surface area contributed by atoms with Gasteiger partial charge in [0.25, 0.3) is 0 Å². The maximum atomic E-state index is 12.9. The van der Waals surface area contributed by atoms with Crippen LogP contribution in [0.2, 0.25) is 0 Å². The summed E-state index contributed by atoms with van der Waals surface area (Å²) in [4.78, 5) is 10.7. The van der Waals surface area contributed by atoms with E-state index in [0.29, 0.717) is 29.7 Å². The molecule has 1 atom stereocenters. The summed E-state index contributed by atoms with van der Waals surface area (Å²) in [6.45, 7) is 4.41. The van der Waals surface area contributed by atoms with E-state index in [-0.39, 0.29) is 35.1 Å². The number of aromatic nitrogens is 2. The van der Waals surface area contributed by atoms with Crippen LogP contribution in [0.25, 0.3) is 11.1 Å². The molecular weight excluding hydrogens is 475 g/mol. The van der Waals surface area contributed by atoms with Crippen LogP contribution in [0.1, 0.15) is 43.9 Å². The summed E-state index contributed by atoms with van der Waals surface area (Å²) in [5.74, 6) is 1.31. The minimum atomic E-state index is -4.09. The zero-order valence-corrected chi connectivity index (χ0v) is 20.1. The van der Waals surface area contributed by atoms with Gasteiger partial charge in [0, 0.05) is 18.5 Å². The molecule has 9 nitrogen and oxygen atoms in total. The number of sulfone groups is 1. The van der Waals surface area contributed by atoms with Gasteiger partial charge in [-0.1, -0.05) is 13.0 Å². The smallest absolute Gasteiger partial charge is 0.310 e. The molecule has 1 aliphatic heterocycles. The number of alkyl halides is 1. The summed E-state index contributed by atoms with van der Waals surface area (Å²) in [6.07, 6.45) is 0.657. The van der Waals surface area contributed by atoms with E-state index in [0.717, 1.165) is 0 Å². The molecule has 0 amide bonds. The summed E-state index contributed by atoms with van der Waals surface area (Å²) in [5.41, 5.74) is 1.60. The number of aryl methyl sites for hydroxylation is 1. The Kier molecular flexibility index (Phi) is 7.42. The number of fused-ring (bicyclic) bond motifs is 1. The highest BCUT2D eigenvalue weighted by Crippen LogP contribution is 2.45. The first-order valence-corrected chi connectivity index (χ1v) is 13.5. The van der Waals surface area contributed by atoms with Crippen LogP contribution in [0.3, 0.4) is 0 Å². The fourth-order valence-corrected chi connectivity index (χ4v) is 6.42. The zero-order valence-electron chi connectivity index (χ0n) is 18.5. The average molecular weight is 501 g/mol. The minimum absolute atomic E-state index is 0.0161. The number of rotatable bonds is 9. The molecule has 0 aliphatic carbocycles. The molecule has 0 radical (unpaired) electrons. The molecule has 3 rings (SSSR count). The lowest BCUT2D eigenvalue weighted by atomic mass is 9.93. The van der Waals surface area contributed by atoms with Crippen molar-refractivity contribution in [2.45, 2.75) is 51.2 Å². The third-order valence-corrected chi connectivity index (χ3v) is 8.49. The maximum Gasteiger partial charge on any atom is 0.310 e. The molecule has 2 aromatic rings. The van der Waals surface area contributed by atoms with Crippen LogP contribution < -0.4 is 4.18 Å². The number of benzene rings is 1. The van der Waals surface area contributed by atoms with E-state index < -0.39 is 37.6 Å². The van der Waals surface area contributed by atoms with Gasteiger partial charge in [0.05, 0.1) is 35.1 Å². The molecule has 0 N–H and O–H groups in total. The van der Waals surface area contributed by atoms with E-state index in [1.807, 2.05) is 0 Å². The number of ether oxygens (including phenoxy) is 1. The van der Waals surface area contributed by atoms with Crippen LogP contribution >= 0.6 is 0 Å². The third-order valence-electron chi connectivity index (χ3n) is 5.33. The first-order valence-electron chi connectivity index (χ1n) is 10.4. The Morgan fingerprint density at radius 1 is 1.27 bits per heavy atom. The second-order valence-electron chi connectivity index (χ2n) is 7.46. The lowest BCUT2D eigenvalue weighted by molar-refractivity contribution is 0.0417. The van der Waals surface area contributed by atoms with Crippen LogP contribution in [-0.2, 0) is 36.0 Å². The summed E-state index contributed by atoms with van der Waals surface area (Å²) >= 11 is 0. The largest absolute Gasteiger partial charge is 0.370 e. The number of hydrogen-bond donors (Lipinski definition) is 0. The van der Waals surface area contributed by atoms with Crippen LogP contribution in [0, 0.1) is 6.92 Å². The van der Waals surface area contributed by atoms with Crippen LogP contribution in [0.15, 0.2) is 28.1 Å². The van der Waals surface area contributed by atoms with Gasteiger partial charge in [0.1, 0.15) is 17.5 Å². The van der Waals surface area contributed by atoms with Crippen molar-refractivity contribution in [3.05, 3.63) is 34.4 Å². The van der Waals surface area contributed by atoms with Crippen molar-refractivity contribution in [1.29, 1.82) is 0 Å². The molecule has 0 bridgehead atoms. The normalized spacial score (nSPS) is 17.5. The van der Waals surface area contributed by atoms with E-state index in [1.54, 1.807) is 20.8 Å². The molecule has 12 heteroatoms. The predicted octanol–water partition coefficient (Wildman–Crippen LogP) is 2.92. The van der Waals surface area contributed by atoms with Crippen molar-refractivity contribution < 1.29 is 34.9 Å². The van der Waals surface area contributed by atoms with Gasteiger partial charge in [-0.05, 0) is 37.5 Å². The number of halogens is 1. The molecule has 1 aromatic carbocycles. The second kappa shape index (κ2) is 9.76. The molecule has 0 spiro atoms. The van der Waals surface area contributed by atoms with Gasteiger partial charge in [0.15, 0.2) is 0 Å². The summed E-state index contributed by atoms with van der Waals surface area (Å²) < 4.78 is 75.6. The van der Waals surface area contributed by atoms with Gasteiger partial charge in [-0.15, -0.1) is 0 Å². The Morgan fingerprint density at radius 2 is 2.00 bits per heavy atom. The van der Waals surface area contributed by atoms with Crippen LogP contribution in [-0.4, -0.2) is 51.6 Å². The van der Waals surface area contributed by atoms with Crippen LogP contribution in [0.4, 0.5) is 4.39 Å². The van der Waals surface area contributed by atoms with Crippen molar-refractivity contribution in [2.24, 2.45) is 0 Å². The fourth-order valence-electron chi connectivity index (χ4n) is 3.85. The molecule has 0 saturated heterocycles. The Labute approximate surface area is 192 Å². The monoisotopic (exact) mass is 500 g/mol. The Bertz CT molecular complexity index is 1310. The van der Waals surface area contributed by atoms with Gasteiger partial charge in [-0.25, -0.2) is 22.3 Å². The molecule has 0 saturated carbocycles. The van der Waals surface area contributed by atoms with E-state index in [1.165, 1.54) is 29.0 Å². The molecule has 1 aliphatic rings. The SMILES string of the molecule is CCCS(=O)(=O)Oc1c(-c2ccc3c(c2C)C(OCCF)CC(=C=O)S3(=O)=O)cnn1CC.